The first-order valence-corrected chi connectivity index (χ1v) is 7.72. The highest BCUT2D eigenvalue weighted by Crippen LogP contribution is 2.32. The molecule has 0 heterocycles. The fourth-order valence-corrected chi connectivity index (χ4v) is 2.62. The summed E-state index contributed by atoms with van der Waals surface area (Å²) in [6.07, 6.45) is 0. The Bertz CT molecular complexity index is 668. The molecule has 0 aliphatic carbocycles. The lowest BCUT2D eigenvalue weighted by atomic mass is 10.1. The SMILES string of the molecule is CCN(C)C(=N)c1cc(C)c(N(C)c2ccccc2)cc1Cl. The molecule has 22 heavy (non-hydrogen) atoms. The topological polar surface area (TPSA) is 30.3 Å². The molecule has 4 heteroatoms. The molecular weight excluding hydrogens is 294 g/mol. The number of anilines is 2. The van der Waals surface area contributed by atoms with Gasteiger partial charge in [-0.25, -0.2) is 0 Å². The molecule has 0 radical (unpaired) electrons. The van der Waals surface area contributed by atoms with E-state index in [4.69, 9.17) is 17.0 Å². The predicted octanol–water partition coefficient (Wildman–Crippen LogP) is 4.69. The maximum Gasteiger partial charge on any atom is 0.129 e. The number of amidine groups is 1. The third kappa shape index (κ3) is 3.25. The van der Waals surface area contributed by atoms with Crippen molar-refractivity contribution in [1.82, 2.24) is 4.90 Å². The summed E-state index contributed by atoms with van der Waals surface area (Å²) in [5.41, 5.74) is 4.02. The third-order valence-electron chi connectivity index (χ3n) is 3.90. The lowest BCUT2D eigenvalue weighted by Gasteiger charge is -2.24. The van der Waals surface area contributed by atoms with Gasteiger partial charge in [0.1, 0.15) is 5.84 Å². The summed E-state index contributed by atoms with van der Waals surface area (Å²) in [6.45, 7) is 4.85. The highest BCUT2D eigenvalue weighted by molar-refractivity contribution is 6.34. The lowest BCUT2D eigenvalue weighted by molar-refractivity contribution is 0.533. The molecule has 0 saturated carbocycles. The number of rotatable bonds is 4. The zero-order valence-electron chi connectivity index (χ0n) is 13.5. The highest BCUT2D eigenvalue weighted by atomic mass is 35.5. The van der Waals surface area contributed by atoms with E-state index in [0.717, 1.165) is 29.0 Å². The van der Waals surface area contributed by atoms with Crippen LogP contribution < -0.4 is 4.90 Å². The van der Waals surface area contributed by atoms with Gasteiger partial charge in [0.15, 0.2) is 0 Å². The van der Waals surface area contributed by atoms with Crippen LogP contribution in [0.2, 0.25) is 5.02 Å². The zero-order chi connectivity index (χ0) is 16.3. The molecule has 0 spiro atoms. The number of nitrogens with one attached hydrogen (secondary N) is 1. The Morgan fingerprint density at radius 2 is 1.77 bits per heavy atom. The number of aryl methyl sites for hydroxylation is 1. The Morgan fingerprint density at radius 3 is 2.36 bits per heavy atom. The van der Waals surface area contributed by atoms with Crippen LogP contribution in [0.15, 0.2) is 42.5 Å². The Morgan fingerprint density at radius 1 is 1.14 bits per heavy atom. The average molecular weight is 316 g/mol. The Balaban J connectivity index is 2.40. The molecule has 0 aliphatic heterocycles. The molecule has 0 aliphatic rings. The van der Waals surface area contributed by atoms with E-state index in [1.54, 1.807) is 0 Å². The summed E-state index contributed by atoms with van der Waals surface area (Å²) < 4.78 is 0. The maximum absolute atomic E-state index is 8.24. The second-order valence-corrected chi connectivity index (χ2v) is 5.78. The normalized spacial score (nSPS) is 10.4. The van der Waals surface area contributed by atoms with Crippen molar-refractivity contribution in [2.75, 3.05) is 25.5 Å². The van der Waals surface area contributed by atoms with Crippen molar-refractivity contribution in [2.24, 2.45) is 0 Å². The van der Waals surface area contributed by atoms with Crippen LogP contribution >= 0.6 is 11.6 Å². The molecule has 2 rings (SSSR count). The van der Waals surface area contributed by atoms with E-state index in [0.29, 0.717) is 10.9 Å². The van der Waals surface area contributed by atoms with Gasteiger partial charge in [-0.05, 0) is 43.7 Å². The van der Waals surface area contributed by atoms with Crippen LogP contribution in [0, 0.1) is 12.3 Å². The minimum absolute atomic E-state index is 0.449. The molecule has 116 valence electrons. The van der Waals surface area contributed by atoms with Gasteiger partial charge in [-0.3, -0.25) is 5.41 Å². The number of hydrogen-bond acceptors (Lipinski definition) is 2. The number of para-hydroxylation sites is 1. The van der Waals surface area contributed by atoms with Crippen molar-refractivity contribution >= 4 is 28.8 Å². The van der Waals surface area contributed by atoms with E-state index in [2.05, 4.69) is 17.0 Å². The van der Waals surface area contributed by atoms with Gasteiger partial charge in [-0.1, -0.05) is 29.8 Å². The molecule has 0 bridgehead atoms. The van der Waals surface area contributed by atoms with E-state index in [9.17, 15) is 0 Å². The van der Waals surface area contributed by atoms with Gasteiger partial charge in [0.05, 0.1) is 5.02 Å². The van der Waals surface area contributed by atoms with Gasteiger partial charge >= 0.3 is 0 Å². The van der Waals surface area contributed by atoms with Crippen LogP contribution in [0.4, 0.5) is 11.4 Å². The number of nitrogens with zero attached hydrogens (tertiary/aromatic N) is 2. The second-order valence-electron chi connectivity index (χ2n) is 5.38. The number of benzene rings is 2. The quantitative estimate of drug-likeness (QED) is 0.655. The monoisotopic (exact) mass is 315 g/mol. The lowest BCUT2D eigenvalue weighted by Crippen LogP contribution is -2.26. The average Bonchev–Trinajstić information content (AvgIpc) is 2.55. The van der Waals surface area contributed by atoms with E-state index >= 15 is 0 Å². The summed E-state index contributed by atoms with van der Waals surface area (Å²) in [5.74, 6) is 0.449. The van der Waals surface area contributed by atoms with Crippen LogP contribution in [-0.2, 0) is 0 Å². The van der Waals surface area contributed by atoms with E-state index < -0.39 is 0 Å². The maximum atomic E-state index is 8.24. The van der Waals surface area contributed by atoms with Gasteiger partial charge in [0.25, 0.3) is 0 Å². The number of halogens is 1. The minimum atomic E-state index is 0.449. The van der Waals surface area contributed by atoms with Gasteiger partial charge in [-0.2, -0.15) is 0 Å². The van der Waals surface area contributed by atoms with Crippen LogP contribution in [0.25, 0.3) is 0 Å². The summed E-state index contributed by atoms with van der Waals surface area (Å²) in [6, 6.07) is 14.1. The van der Waals surface area contributed by atoms with Gasteiger partial charge in [-0.15, -0.1) is 0 Å². The summed E-state index contributed by atoms with van der Waals surface area (Å²) in [7, 11) is 3.93. The van der Waals surface area contributed by atoms with Crippen molar-refractivity contribution in [3.8, 4) is 0 Å². The summed E-state index contributed by atoms with van der Waals surface area (Å²) in [5, 5.41) is 8.85. The molecule has 0 saturated heterocycles. The Kier molecular flexibility index (Phi) is 5.09. The fourth-order valence-electron chi connectivity index (χ4n) is 2.37. The van der Waals surface area contributed by atoms with Crippen molar-refractivity contribution in [2.45, 2.75) is 13.8 Å². The Hall–Kier alpha value is -2.00. The first-order chi connectivity index (χ1) is 10.5. The van der Waals surface area contributed by atoms with Crippen molar-refractivity contribution in [3.63, 3.8) is 0 Å². The zero-order valence-corrected chi connectivity index (χ0v) is 14.3. The molecule has 3 nitrogen and oxygen atoms in total. The highest BCUT2D eigenvalue weighted by Gasteiger charge is 2.15. The molecule has 0 amide bonds. The van der Waals surface area contributed by atoms with E-state index in [1.807, 2.05) is 63.2 Å². The van der Waals surface area contributed by atoms with Crippen LogP contribution in [-0.4, -0.2) is 31.4 Å². The minimum Gasteiger partial charge on any atom is -0.360 e. The standard InChI is InChI=1S/C18H22ClN3/c1-5-21(3)18(20)15-11-13(2)17(12-16(15)19)22(4)14-9-7-6-8-10-14/h6-12,20H,5H2,1-4H3. The summed E-state index contributed by atoms with van der Waals surface area (Å²) in [4.78, 5) is 3.99. The molecule has 2 aromatic rings. The molecule has 0 fully saturated rings. The van der Waals surface area contributed by atoms with Crippen molar-refractivity contribution in [3.05, 3.63) is 58.6 Å². The first-order valence-electron chi connectivity index (χ1n) is 7.34. The van der Waals surface area contributed by atoms with Gasteiger partial charge in [0.2, 0.25) is 0 Å². The van der Waals surface area contributed by atoms with Crippen LogP contribution in [0.5, 0.6) is 0 Å². The van der Waals surface area contributed by atoms with E-state index in [1.165, 1.54) is 0 Å². The van der Waals surface area contributed by atoms with Gasteiger partial charge in [0, 0.05) is 37.6 Å². The van der Waals surface area contributed by atoms with Crippen LogP contribution in [0.1, 0.15) is 18.1 Å². The van der Waals surface area contributed by atoms with E-state index in [-0.39, 0.29) is 0 Å². The van der Waals surface area contributed by atoms with Crippen molar-refractivity contribution in [1.29, 1.82) is 5.41 Å². The van der Waals surface area contributed by atoms with Gasteiger partial charge < -0.3 is 9.80 Å². The smallest absolute Gasteiger partial charge is 0.129 e. The van der Waals surface area contributed by atoms with Crippen LogP contribution in [0.3, 0.4) is 0 Å². The molecule has 2 aromatic carbocycles. The molecule has 0 aromatic heterocycles. The summed E-state index contributed by atoms with van der Waals surface area (Å²) >= 11 is 6.43. The molecule has 0 atom stereocenters. The fraction of sp³-hybridized carbons (Fsp3) is 0.278. The molecular formula is C18H22ClN3. The third-order valence-corrected chi connectivity index (χ3v) is 4.21. The number of hydrogen-bond donors (Lipinski definition) is 1. The first kappa shape index (κ1) is 16.4. The predicted molar refractivity (Wildman–Crippen MR) is 95.8 cm³/mol. The molecule has 1 N–H and O–H groups in total. The second kappa shape index (κ2) is 6.84. The largest absolute Gasteiger partial charge is 0.360 e. The Labute approximate surface area is 137 Å². The van der Waals surface area contributed by atoms with Crippen molar-refractivity contribution < 1.29 is 0 Å². The molecule has 0 unspecified atom stereocenters.